The van der Waals surface area contributed by atoms with Crippen molar-refractivity contribution in [3.8, 4) is 0 Å². The van der Waals surface area contributed by atoms with E-state index < -0.39 is 0 Å². The van der Waals surface area contributed by atoms with E-state index in [1.54, 1.807) is 10.9 Å². The minimum absolute atomic E-state index is 0.0304. The lowest BCUT2D eigenvalue weighted by Gasteiger charge is -2.02. The molecule has 5 heteroatoms. The van der Waals surface area contributed by atoms with E-state index in [1.165, 1.54) is 0 Å². The molecule has 1 N–H and O–H groups in total. The molecule has 72 valence electrons. The monoisotopic (exact) mass is 199 g/mol. The van der Waals surface area contributed by atoms with Crippen molar-refractivity contribution in [2.24, 2.45) is 0 Å². The number of aryl methyl sites for hydroxylation is 1. The Hall–Kier alpha value is -0.970. The Bertz CT molecular complexity index is 285. The van der Waals surface area contributed by atoms with Crippen molar-refractivity contribution in [1.29, 1.82) is 0 Å². The predicted molar refractivity (Wildman–Crippen MR) is 53.8 cm³/mol. The average Bonchev–Trinajstić information content (AvgIpc) is 2.48. The molecule has 0 radical (unpaired) electrons. The number of hydrogen-bond acceptors (Lipinski definition) is 3. The zero-order valence-corrected chi connectivity index (χ0v) is 8.42. The van der Waals surface area contributed by atoms with Gasteiger partial charge in [0.1, 0.15) is 6.54 Å². The van der Waals surface area contributed by atoms with Gasteiger partial charge in [0.25, 0.3) is 0 Å². The number of carbonyl (C=O) groups excluding carboxylic acids is 1. The minimum Gasteiger partial charge on any atom is -0.354 e. The molecule has 0 fully saturated rings. The number of carbonyl (C=O) groups is 1. The van der Waals surface area contributed by atoms with Gasteiger partial charge in [0.05, 0.1) is 5.69 Å². The van der Waals surface area contributed by atoms with E-state index in [9.17, 15) is 4.79 Å². The average molecular weight is 199 g/mol. The smallest absolute Gasteiger partial charge is 0.241 e. The fourth-order valence-electron chi connectivity index (χ4n) is 0.950. The Morgan fingerprint density at radius 3 is 3.08 bits per heavy atom. The number of amides is 1. The summed E-state index contributed by atoms with van der Waals surface area (Å²) in [6.07, 6.45) is 1.79. The fourth-order valence-corrected chi connectivity index (χ4v) is 1.06. The van der Waals surface area contributed by atoms with E-state index in [1.807, 2.05) is 13.0 Å². The Balaban J connectivity index is 2.36. The van der Waals surface area contributed by atoms with Crippen LogP contribution < -0.4 is 5.32 Å². The molecular weight excluding hydrogens is 186 g/mol. The van der Waals surface area contributed by atoms with Crippen molar-refractivity contribution in [2.45, 2.75) is 13.5 Å². The Morgan fingerprint density at radius 2 is 2.54 bits per heavy atom. The van der Waals surface area contributed by atoms with Crippen molar-refractivity contribution in [2.75, 3.05) is 12.3 Å². The molecule has 0 atom stereocenters. The van der Waals surface area contributed by atoms with E-state index in [4.69, 9.17) is 0 Å². The highest BCUT2D eigenvalue weighted by Crippen LogP contribution is 1.91. The quantitative estimate of drug-likeness (QED) is 0.682. The second-order valence-electron chi connectivity index (χ2n) is 2.73. The zero-order valence-electron chi connectivity index (χ0n) is 7.53. The summed E-state index contributed by atoms with van der Waals surface area (Å²) in [5, 5.41) is 6.81. The van der Waals surface area contributed by atoms with Gasteiger partial charge >= 0.3 is 0 Å². The Labute approximate surface area is 82.7 Å². The lowest BCUT2D eigenvalue weighted by molar-refractivity contribution is -0.121. The molecule has 0 spiro atoms. The van der Waals surface area contributed by atoms with Gasteiger partial charge in [-0.2, -0.15) is 17.7 Å². The molecular formula is C8H13N3OS. The third kappa shape index (κ3) is 3.50. The summed E-state index contributed by atoms with van der Waals surface area (Å²) in [7, 11) is 0. The second-order valence-corrected chi connectivity index (χ2v) is 3.18. The van der Waals surface area contributed by atoms with Crippen molar-refractivity contribution < 1.29 is 4.79 Å². The minimum atomic E-state index is -0.0304. The molecule has 1 amide bonds. The van der Waals surface area contributed by atoms with Crippen molar-refractivity contribution in [3.63, 3.8) is 0 Å². The summed E-state index contributed by atoms with van der Waals surface area (Å²) < 4.78 is 1.61. The molecule has 0 aromatic carbocycles. The van der Waals surface area contributed by atoms with E-state index in [2.05, 4.69) is 23.0 Å². The van der Waals surface area contributed by atoms with E-state index in [0.717, 1.165) is 5.69 Å². The van der Waals surface area contributed by atoms with Crippen molar-refractivity contribution in [1.82, 2.24) is 15.1 Å². The zero-order chi connectivity index (χ0) is 9.68. The van der Waals surface area contributed by atoms with Gasteiger partial charge in [-0.3, -0.25) is 9.48 Å². The lowest BCUT2D eigenvalue weighted by Crippen LogP contribution is -2.29. The molecule has 0 bridgehead atoms. The van der Waals surface area contributed by atoms with Crippen LogP contribution in [0.1, 0.15) is 5.69 Å². The van der Waals surface area contributed by atoms with E-state index in [-0.39, 0.29) is 12.5 Å². The third-order valence-electron chi connectivity index (χ3n) is 1.51. The van der Waals surface area contributed by atoms with Gasteiger partial charge in [-0.05, 0) is 13.0 Å². The van der Waals surface area contributed by atoms with E-state index >= 15 is 0 Å². The number of aromatic nitrogens is 2. The Morgan fingerprint density at radius 1 is 1.77 bits per heavy atom. The number of rotatable bonds is 4. The summed E-state index contributed by atoms with van der Waals surface area (Å²) in [6.45, 7) is 2.77. The van der Waals surface area contributed by atoms with Gasteiger partial charge in [0, 0.05) is 18.5 Å². The highest BCUT2D eigenvalue weighted by Gasteiger charge is 2.01. The first kappa shape index (κ1) is 10.1. The lowest BCUT2D eigenvalue weighted by atomic mass is 10.5. The van der Waals surface area contributed by atoms with Crippen LogP contribution in [0.2, 0.25) is 0 Å². The van der Waals surface area contributed by atoms with Crippen molar-refractivity contribution >= 4 is 18.5 Å². The molecule has 0 saturated carbocycles. The number of thiol groups is 1. The van der Waals surface area contributed by atoms with Gasteiger partial charge in [-0.15, -0.1) is 0 Å². The van der Waals surface area contributed by atoms with Crippen LogP contribution in [-0.4, -0.2) is 28.0 Å². The van der Waals surface area contributed by atoms with Gasteiger partial charge in [0.2, 0.25) is 5.91 Å². The topological polar surface area (TPSA) is 46.9 Å². The summed E-state index contributed by atoms with van der Waals surface area (Å²) in [5.74, 6) is 0.626. The molecule has 0 saturated heterocycles. The fraction of sp³-hybridized carbons (Fsp3) is 0.500. The number of hydrogen-bond donors (Lipinski definition) is 2. The molecule has 1 aromatic rings. The summed E-state index contributed by atoms with van der Waals surface area (Å²) in [6, 6.07) is 1.87. The van der Waals surface area contributed by atoms with Crippen LogP contribution in [0.25, 0.3) is 0 Å². The maximum Gasteiger partial charge on any atom is 0.241 e. The van der Waals surface area contributed by atoms with E-state index in [0.29, 0.717) is 12.3 Å². The standard InChI is InChI=1S/C8H13N3OS/c1-7-2-4-11(10-7)6-8(12)9-3-5-13/h2,4,13H,3,5-6H2,1H3,(H,9,12). The predicted octanol–water partition coefficient (Wildman–Crippen LogP) is 0.238. The highest BCUT2D eigenvalue weighted by atomic mass is 32.1. The molecule has 4 nitrogen and oxygen atoms in total. The second kappa shape index (κ2) is 4.91. The molecule has 0 aliphatic heterocycles. The van der Waals surface area contributed by atoms with Crippen LogP contribution in [-0.2, 0) is 11.3 Å². The maximum absolute atomic E-state index is 11.2. The summed E-state index contributed by atoms with van der Waals surface area (Å²) in [4.78, 5) is 11.2. The molecule has 1 aromatic heterocycles. The number of nitrogens with zero attached hydrogens (tertiary/aromatic N) is 2. The van der Waals surface area contributed by atoms with Crippen molar-refractivity contribution in [3.05, 3.63) is 18.0 Å². The largest absolute Gasteiger partial charge is 0.354 e. The van der Waals surface area contributed by atoms with Gasteiger partial charge < -0.3 is 5.32 Å². The van der Waals surface area contributed by atoms with Gasteiger partial charge in [-0.1, -0.05) is 0 Å². The molecule has 13 heavy (non-hydrogen) atoms. The molecule has 1 rings (SSSR count). The van der Waals surface area contributed by atoms with Crippen LogP contribution in [0.15, 0.2) is 12.3 Å². The SMILES string of the molecule is Cc1ccn(CC(=O)NCCS)n1. The molecule has 0 aliphatic rings. The first-order chi connectivity index (χ1) is 6.22. The van der Waals surface area contributed by atoms with Crippen LogP contribution in [0.5, 0.6) is 0 Å². The Kier molecular flexibility index (Phi) is 3.82. The van der Waals surface area contributed by atoms with Gasteiger partial charge in [0.15, 0.2) is 0 Å². The highest BCUT2D eigenvalue weighted by molar-refractivity contribution is 7.80. The molecule has 0 aliphatic carbocycles. The summed E-state index contributed by atoms with van der Waals surface area (Å²) in [5.41, 5.74) is 0.919. The van der Waals surface area contributed by atoms with Crippen LogP contribution in [0.4, 0.5) is 0 Å². The van der Waals surface area contributed by atoms with Gasteiger partial charge in [-0.25, -0.2) is 0 Å². The molecule has 1 heterocycles. The number of nitrogens with one attached hydrogen (secondary N) is 1. The first-order valence-electron chi connectivity index (χ1n) is 4.10. The molecule has 0 unspecified atom stereocenters. The first-order valence-corrected chi connectivity index (χ1v) is 4.73. The summed E-state index contributed by atoms with van der Waals surface area (Å²) >= 11 is 3.99. The van der Waals surface area contributed by atoms with Crippen LogP contribution in [0, 0.1) is 6.92 Å². The van der Waals surface area contributed by atoms with Crippen LogP contribution >= 0.6 is 12.6 Å². The maximum atomic E-state index is 11.2. The van der Waals surface area contributed by atoms with Crippen LogP contribution in [0.3, 0.4) is 0 Å². The third-order valence-corrected chi connectivity index (χ3v) is 1.74. The normalized spacial score (nSPS) is 10.0.